The van der Waals surface area contributed by atoms with Crippen LogP contribution in [0.15, 0.2) is 176 Å². The van der Waals surface area contributed by atoms with Crippen molar-refractivity contribution < 1.29 is 8.22 Å². The van der Waals surface area contributed by atoms with E-state index in [1.165, 1.54) is 11.3 Å². The molecule has 7 aromatic carbocycles. The molecule has 0 N–H and O–H groups in total. The Morgan fingerprint density at radius 2 is 0.918 bits per heavy atom. The molecule has 0 saturated heterocycles. The van der Waals surface area contributed by atoms with E-state index in [0.717, 1.165) is 33.4 Å². The molecule has 0 atom stereocenters. The fourth-order valence-electron chi connectivity index (χ4n) is 6.02. The second-order valence-electron chi connectivity index (χ2n) is 11.6. The Labute approximate surface area is 297 Å². The maximum atomic E-state index is 9.59. The SMILES string of the molecule is [2H]c1c([2H])c([2H])c2c(sc3c([2H])c(-c4nc(-c5ccccc5)nc(-c5cccc(-c6ccccc6)c5)n4)c([2H])c([2H])c32)c1-c1cccc(-c2ccccc2)c1. The first kappa shape index (κ1) is 23.2. The zero-order chi connectivity index (χ0) is 37.8. The van der Waals surface area contributed by atoms with E-state index in [9.17, 15) is 4.11 Å². The Balaban J connectivity index is 1.28. The Kier molecular flexibility index (Phi) is 5.87. The number of aromatic nitrogens is 3. The molecule has 0 saturated carbocycles. The third-order valence-corrected chi connectivity index (χ3v) is 9.56. The van der Waals surface area contributed by atoms with Gasteiger partial charge in [0, 0.05) is 36.9 Å². The van der Waals surface area contributed by atoms with Crippen molar-refractivity contribution in [2.75, 3.05) is 0 Å². The van der Waals surface area contributed by atoms with Crippen molar-refractivity contribution in [2.24, 2.45) is 0 Å². The molecule has 0 aliphatic carbocycles. The smallest absolute Gasteiger partial charge is 0.164 e. The molecule has 0 bridgehead atoms. The highest BCUT2D eigenvalue weighted by Gasteiger charge is 2.16. The minimum absolute atomic E-state index is 0.0622. The van der Waals surface area contributed by atoms with Crippen LogP contribution in [0.25, 0.3) is 87.7 Å². The first-order chi connectivity index (χ1) is 26.8. The average molecular weight is 650 g/mol. The highest BCUT2D eigenvalue weighted by Crippen LogP contribution is 2.42. The van der Waals surface area contributed by atoms with Gasteiger partial charge in [-0.2, -0.15) is 0 Å². The molecule has 0 aliphatic rings. The van der Waals surface area contributed by atoms with Crippen LogP contribution < -0.4 is 0 Å². The van der Waals surface area contributed by atoms with Crippen molar-refractivity contribution in [2.45, 2.75) is 0 Å². The van der Waals surface area contributed by atoms with Gasteiger partial charge in [0.15, 0.2) is 17.5 Å². The highest BCUT2D eigenvalue weighted by molar-refractivity contribution is 7.26. The van der Waals surface area contributed by atoms with Gasteiger partial charge in [0.2, 0.25) is 0 Å². The zero-order valence-corrected chi connectivity index (χ0v) is 26.8. The summed E-state index contributed by atoms with van der Waals surface area (Å²) in [6.45, 7) is 0. The number of hydrogen-bond donors (Lipinski definition) is 0. The lowest BCUT2D eigenvalue weighted by molar-refractivity contribution is 1.07. The van der Waals surface area contributed by atoms with E-state index in [4.69, 9.17) is 19.1 Å². The molecule has 0 aliphatic heterocycles. The molecule has 9 aromatic rings. The molecule has 2 heterocycles. The third kappa shape index (κ3) is 5.58. The molecule has 0 spiro atoms. The summed E-state index contributed by atoms with van der Waals surface area (Å²) in [7, 11) is 0. The van der Waals surface area contributed by atoms with Gasteiger partial charge in [0.25, 0.3) is 0 Å². The average Bonchev–Trinajstić information content (AvgIpc) is 3.64. The number of hydrogen-bond acceptors (Lipinski definition) is 4. The maximum absolute atomic E-state index is 9.59. The molecule has 9 rings (SSSR count). The molecule has 49 heavy (non-hydrogen) atoms. The summed E-state index contributed by atoms with van der Waals surface area (Å²) < 4.78 is 56.0. The molecule has 2 aromatic heterocycles. The van der Waals surface area contributed by atoms with Crippen LogP contribution in [0, 0.1) is 0 Å². The Morgan fingerprint density at radius 1 is 0.408 bits per heavy atom. The second kappa shape index (κ2) is 12.4. The van der Waals surface area contributed by atoms with E-state index < -0.39 is 0 Å². The summed E-state index contributed by atoms with van der Waals surface area (Å²) >= 11 is 1.20. The van der Waals surface area contributed by atoms with E-state index in [2.05, 4.69) is 0 Å². The van der Waals surface area contributed by atoms with E-state index in [0.29, 0.717) is 37.6 Å². The van der Waals surface area contributed by atoms with Crippen molar-refractivity contribution in [3.05, 3.63) is 176 Å². The number of nitrogens with zero attached hydrogens (tertiary/aromatic N) is 3. The maximum Gasteiger partial charge on any atom is 0.164 e. The Morgan fingerprint density at radius 3 is 1.57 bits per heavy atom. The van der Waals surface area contributed by atoms with Crippen molar-refractivity contribution >= 4 is 31.5 Å². The highest BCUT2D eigenvalue weighted by atomic mass is 32.1. The lowest BCUT2D eigenvalue weighted by Crippen LogP contribution is -2.00. The molecule has 3 nitrogen and oxygen atoms in total. The monoisotopic (exact) mass is 649 g/mol. The summed E-state index contributed by atoms with van der Waals surface area (Å²) in [5.74, 6) is 0.801. The van der Waals surface area contributed by atoms with E-state index in [1.54, 1.807) is 0 Å². The minimum atomic E-state index is -0.277. The first-order valence-corrected chi connectivity index (χ1v) is 16.7. The quantitative estimate of drug-likeness (QED) is 0.180. The van der Waals surface area contributed by atoms with E-state index in [1.807, 2.05) is 140 Å². The Hall–Kier alpha value is -6.23. The van der Waals surface area contributed by atoms with Crippen LogP contribution in [0.1, 0.15) is 8.22 Å². The molecule has 0 radical (unpaired) electrons. The summed E-state index contributed by atoms with van der Waals surface area (Å²) in [6, 6.07) is 43.8. The lowest BCUT2D eigenvalue weighted by atomic mass is 9.98. The largest absolute Gasteiger partial charge is 0.208 e. The predicted octanol–water partition coefficient (Wildman–Crippen LogP) is 12.2. The normalized spacial score (nSPS) is 13.0. The third-order valence-electron chi connectivity index (χ3n) is 8.44. The van der Waals surface area contributed by atoms with Crippen molar-refractivity contribution in [1.82, 2.24) is 15.0 Å². The van der Waals surface area contributed by atoms with Gasteiger partial charge >= 0.3 is 0 Å². The number of benzene rings is 7. The van der Waals surface area contributed by atoms with Crippen LogP contribution in [0.2, 0.25) is 0 Å². The molecular formula is C45H29N3S. The van der Waals surface area contributed by atoms with Gasteiger partial charge in [-0.15, -0.1) is 11.3 Å². The van der Waals surface area contributed by atoms with Gasteiger partial charge in [0.1, 0.15) is 0 Å². The van der Waals surface area contributed by atoms with Crippen LogP contribution >= 0.6 is 11.3 Å². The van der Waals surface area contributed by atoms with Gasteiger partial charge in [-0.3, -0.25) is 0 Å². The minimum Gasteiger partial charge on any atom is -0.208 e. The standard InChI is InChI=1S/C45H29N3S/c1-4-13-30(14-5-1)33-19-10-21-35(27-33)38-23-12-24-40-39-26-25-37(29-41(39)49-42(38)40)45-47-43(32-17-8-3-9-18-32)46-44(48-45)36-22-11-20-34(28-36)31-15-6-2-7-16-31/h1-29H/i12D,23D,24D,25D,26D,29D. The van der Waals surface area contributed by atoms with Crippen molar-refractivity contribution in [3.8, 4) is 67.5 Å². The summed E-state index contributed by atoms with van der Waals surface area (Å²) in [5.41, 5.74) is 6.60. The van der Waals surface area contributed by atoms with Gasteiger partial charge in [0.05, 0.1) is 8.22 Å². The summed E-state index contributed by atoms with van der Waals surface area (Å²) in [6.07, 6.45) is 0. The molecule has 0 amide bonds. The number of fused-ring (bicyclic) bond motifs is 3. The van der Waals surface area contributed by atoms with Gasteiger partial charge in [-0.25, -0.2) is 15.0 Å². The van der Waals surface area contributed by atoms with Crippen LogP contribution in [0.5, 0.6) is 0 Å². The second-order valence-corrected chi connectivity index (χ2v) is 12.6. The van der Waals surface area contributed by atoms with Gasteiger partial charge in [-0.05, 0) is 51.6 Å². The van der Waals surface area contributed by atoms with Crippen LogP contribution in [-0.2, 0) is 0 Å². The lowest BCUT2D eigenvalue weighted by Gasteiger charge is -2.10. The van der Waals surface area contributed by atoms with Gasteiger partial charge < -0.3 is 0 Å². The van der Waals surface area contributed by atoms with Crippen LogP contribution in [-0.4, -0.2) is 15.0 Å². The molecule has 0 unspecified atom stereocenters. The topological polar surface area (TPSA) is 38.7 Å². The molecule has 0 fully saturated rings. The van der Waals surface area contributed by atoms with Gasteiger partial charge in [-0.1, -0.05) is 158 Å². The predicted molar refractivity (Wildman–Crippen MR) is 205 cm³/mol. The van der Waals surface area contributed by atoms with E-state index in [-0.39, 0.29) is 53.0 Å². The number of rotatable bonds is 6. The number of thiophene rings is 1. The molecule has 230 valence electrons. The van der Waals surface area contributed by atoms with Crippen molar-refractivity contribution in [1.29, 1.82) is 0 Å². The zero-order valence-electron chi connectivity index (χ0n) is 32.0. The van der Waals surface area contributed by atoms with Crippen molar-refractivity contribution in [3.63, 3.8) is 0 Å². The Bertz CT molecular complexity index is 2940. The fourth-order valence-corrected chi connectivity index (χ4v) is 7.16. The molecule has 4 heteroatoms. The first-order valence-electron chi connectivity index (χ1n) is 18.9. The fraction of sp³-hybridized carbons (Fsp3) is 0. The molecular weight excluding hydrogens is 615 g/mol. The van der Waals surface area contributed by atoms with E-state index >= 15 is 0 Å². The van der Waals surface area contributed by atoms with Crippen LogP contribution in [0.4, 0.5) is 0 Å². The summed E-state index contributed by atoms with van der Waals surface area (Å²) in [4.78, 5) is 14.5. The van der Waals surface area contributed by atoms with Crippen LogP contribution in [0.3, 0.4) is 0 Å². The summed E-state index contributed by atoms with van der Waals surface area (Å²) in [5, 5.41) is 0.532.